The molecule has 1 heterocycles. The Morgan fingerprint density at radius 2 is 2.40 bits per heavy atom. The van der Waals surface area contributed by atoms with E-state index in [2.05, 4.69) is 4.98 Å². The first-order valence-corrected chi connectivity index (χ1v) is 3.37. The normalized spacial score (nSPS) is 13.0. The summed E-state index contributed by atoms with van der Waals surface area (Å²) in [6, 6.07) is 5.70. The lowest BCUT2D eigenvalue weighted by Gasteiger charge is -2.00. The van der Waals surface area contributed by atoms with Crippen LogP contribution in [0.4, 0.5) is 0 Å². The molecular weight excluding hydrogens is 126 g/mol. The van der Waals surface area contributed by atoms with E-state index >= 15 is 0 Å². The van der Waals surface area contributed by atoms with Crippen molar-refractivity contribution in [2.45, 2.75) is 19.4 Å². The third kappa shape index (κ3) is 2.15. The Morgan fingerprint density at radius 1 is 1.60 bits per heavy atom. The van der Waals surface area contributed by atoms with Gasteiger partial charge in [0.2, 0.25) is 0 Å². The Kier molecular flexibility index (Phi) is 2.40. The van der Waals surface area contributed by atoms with Crippen molar-refractivity contribution in [2.24, 2.45) is 0 Å². The number of aliphatic hydroxyl groups excluding tert-OH is 1. The van der Waals surface area contributed by atoms with E-state index in [9.17, 15) is 0 Å². The van der Waals surface area contributed by atoms with Crippen LogP contribution < -0.4 is 0 Å². The molecule has 2 nitrogen and oxygen atoms in total. The molecule has 1 N–H and O–H groups in total. The molecule has 1 rings (SSSR count). The van der Waals surface area contributed by atoms with Gasteiger partial charge in [-0.25, -0.2) is 0 Å². The third-order valence-corrected chi connectivity index (χ3v) is 1.23. The first-order valence-electron chi connectivity index (χ1n) is 3.37. The van der Waals surface area contributed by atoms with Gasteiger partial charge in [-0.2, -0.15) is 0 Å². The van der Waals surface area contributed by atoms with Gasteiger partial charge in [-0.05, 0) is 19.1 Å². The molecule has 0 saturated carbocycles. The summed E-state index contributed by atoms with van der Waals surface area (Å²) in [6.07, 6.45) is 2.08. The Morgan fingerprint density at radius 3 is 2.90 bits per heavy atom. The van der Waals surface area contributed by atoms with Gasteiger partial charge >= 0.3 is 0 Å². The van der Waals surface area contributed by atoms with Crippen LogP contribution in [0.1, 0.15) is 12.6 Å². The molecule has 0 aliphatic carbocycles. The molecule has 0 amide bonds. The lowest BCUT2D eigenvalue weighted by atomic mass is 10.2. The van der Waals surface area contributed by atoms with Crippen molar-refractivity contribution < 1.29 is 5.11 Å². The molecule has 2 heteroatoms. The van der Waals surface area contributed by atoms with Crippen LogP contribution in [0.3, 0.4) is 0 Å². The van der Waals surface area contributed by atoms with E-state index in [-0.39, 0.29) is 6.10 Å². The standard InChI is InChI=1S/C8H11NO/c1-7(10)6-8-4-2-3-5-9-8/h2-5,7,10H,6H2,1H3/t7-/m1/s1. The minimum atomic E-state index is -0.296. The molecule has 0 aliphatic rings. The highest BCUT2D eigenvalue weighted by Gasteiger charge is 1.97. The predicted molar refractivity (Wildman–Crippen MR) is 39.6 cm³/mol. The highest BCUT2D eigenvalue weighted by Crippen LogP contribution is 1.97. The van der Waals surface area contributed by atoms with Crippen LogP contribution in [0, 0.1) is 0 Å². The number of aromatic nitrogens is 1. The second-order valence-corrected chi connectivity index (χ2v) is 2.37. The van der Waals surface area contributed by atoms with Crippen molar-refractivity contribution in [3.05, 3.63) is 30.1 Å². The Bertz CT molecular complexity index is 184. The zero-order valence-electron chi connectivity index (χ0n) is 5.99. The van der Waals surface area contributed by atoms with E-state index in [0.29, 0.717) is 6.42 Å². The second-order valence-electron chi connectivity index (χ2n) is 2.37. The third-order valence-electron chi connectivity index (χ3n) is 1.23. The average molecular weight is 137 g/mol. The van der Waals surface area contributed by atoms with Crippen LogP contribution in [0.25, 0.3) is 0 Å². The number of hydrogen-bond donors (Lipinski definition) is 1. The summed E-state index contributed by atoms with van der Waals surface area (Å²) in [6.45, 7) is 1.76. The van der Waals surface area contributed by atoms with Gasteiger partial charge in [0.15, 0.2) is 0 Å². The molecular formula is C8H11NO. The minimum Gasteiger partial charge on any atom is -0.393 e. The second kappa shape index (κ2) is 3.32. The zero-order chi connectivity index (χ0) is 7.40. The predicted octanol–water partition coefficient (Wildman–Crippen LogP) is 1.00. The van der Waals surface area contributed by atoms with Crippen molar-refractivity contribution in [3.8, 4) is 0 Å². The smallest absolute Gasteiger partial charge is 0.0567 e. The maximum atomic E-state index is 8.97. The molecule has 1 atom stereocenters. The Labute approximate surface area is 60.5 Å². The highest BCUT2D eigenvalue weighted by molar-refractivity contribution is 5.03. The van der Waals surface area contributed by atoms with Crippen molar-refractivity contribution in [1.82, 2.24) is 4.98 Å². The molecule has 0 spiro atoms. The maximum absolute atomic E-state index is 8.97. The molecule has 0 bridgehead atoms. The van der Waals surface area contributed by atoms with Crippen LogP contribution in [0.15, 0.2) is 24.4 Å². The van der Waals surface area contributed by atoms with Crippen molar-refractivity contribution in [3.63, 3.8) is 0 Å². The largest absolute Gasteiger partial charge is 0.393 e. The van der Waals surface area contributed by atoms with E-state index in [1.807, 2.05) is 18.2 Å². The van der Waals surface area contributed by atoms with Gasteiger partial charge in [0.05, 0.1) is 6.10 Å². The van der Waals surface area contributed by atoms with Crippen LogP contribution in [0.5, 0.6) is 0 Å². The summed E-state index contributed by atoms with van der Waals surface area (Å²) < 4.78 is 0. The monoisotopic (exact) mass is 137 g/mol. The summed E-state index contributed by atoms with van der Waals surface area (Å²) in [5, 5.41) is 8.97. The lowest BCUT2D eigenvalue weighted by molar-refractivity contribution is 0.194. The summed E-state index contributed by atoms with van der Waals surface area (Å²) in [5.74, 6) is 0. The fourth-order valence-corrected chi connectivity index (χ4v) is 0.822. The highest BCUT2D eigenvalue weighted by atomic mass is 16.3. The van der Waals surface area contributed by atoms with Crippen LogP contribution in [-0.4, -0.2) is 16.2 Å². The summed E-state index contributed by atoms with van der Waals surface area (Å²) in [5.41, 5.74) is 0.942. The number of rotatable bonds is 2. The van der Waals surface area contributed by atoms with E-state index in [1.54, 1.807) is 13.1 Å². The van der Waals surface area contributed by atoms with Gasteiger partial charge in [-0.1, -0.05) is 6.07 Å². The molecule has 1 aromatic heterocycles. The van der Waals surface area contributed by atoms with Crippen LogP contribution >= 0.6 is 0 Å². The van der Waals surface area contributed by atoms with Crippen LogP contribution in [0.2, 0.25) is 0 Å². The molecule has 54 valence electrons. The van der Waals surface area contributed by atoms with E-state index < -0.39 is 0 Å². The number of aliphatic hydroxyl groups is 1. The van der Waals surface area contributed by atoms with E-state index in [1.165, 1.54) is 0 Å². The first-order chi connectivity index (χ1) is 4.79. The van der Waals surface area contributed by atoms with Gasteiger partial charge in [0.25, 0.3) is 0 Å². The first kappa shape index (κ1) is 7.22. The lowest BCUT2D eigenvalue weighted by Crippen LogP contribution is -2.05. The summed E-state index contributed by atoms with van der Waals surface area (Å²) in [7, 11) is 0. The average Bonchev–Trinajstić information content (AvgIpc) is 1.88. The van der Waals surface area contributed by atoms with Crippen molar-refractivity contribution in [2.75, 3.05) is 0 Å². The molecule has 1 aromatic rings. The van der Waals surface area contributed by atoms with Crippen LogP contribution in [-0.2, 0) is 6.42 Å². The van der Waals surface area contributed by atoms with Gasteiger partial charge in [-0.3, -0.25) is 4.98 Å². The van der Waals surface area contributed by atoms with Gasteiger partial charge in [0, 0.05) is 18.3 Å². The zero-order valence-corrected chi connectivity index (χ0v) is 5.99. The Balaban J connectivity index is 2.59. The molecule has 0 radical (unpaired) electrons. The topological polar surface area (TPSA) is 33.1 Å². The molecule has 10 heavy (non-hydrogen) atoms. The van der Waals surface area contributed by atoms with Gasteiger partial charge < -0.3 is 5.11 Å². The molecule has 0 saturated heterocycles. The number of hydrogen-bond acceptors (Lipinski definition) is 2. The number of nitrogens with zero attached hydrogens (tertiary/aromatic N) is 1. The van der Waals surface area contributed by atoms with Crippen molar-refractivity contribution in [1.29, 1.82) is 0 Å². The fourth-order valence-electron chi connectivity index (χ4n) is 0.822. The molecule has 0 unspecified atom stereocenters. The number of pyridine rings is 1. The Hall–Kier alpha value is -0.890. The summed E-state index contributed by atoms with van der Waals surface area (Å²) >= 11 is 0. The van der Waals surface area contributed by atoms with Crippen molar-refractivity contribution >= 4 is 0 Å². The quantitative estimate of drug-likeness (QED) is 0.659. The van der Waals surface area contributed by atoms with Gasteiger partial charge in [-0.15, -0.1) is 0 Å². The van der Waals surface area contributed by atoms with E-state index in [4.69, 9.17) is 5.11 Å². The fraction of sp³-hybridized carbons (Fsp3) is 0.375. The maximum Gasteiger partial charge on any atom is 0.0567 e. The molecule has 0 aromatic carbocycles. The van der Waals surface area contributed by atoms with Gasteiger partial charge in [0.1, 0.15) is 0 Å². The molecule has 0 aliphatic heterocycles. The SMILES string of the molecule is C[C@@H](O)Cc1ccccn1. The molecule has 0 fully saturated rings. The van der Waals surface area contributed by atoms with E-state index in [0.717, 1.165) is 5.69 Å². The minimum absolute atomic E-state index is 0.296. The summed E-state index contributed by atoms with van der Waals surface area (Å²) in [4.78, 5) is 4.06.